The number of nitrogens with zero attached hydrogens (tertiary/aromatic N) is 2. The van der Waals surface area contributed by atoms with E-state index in [0.717, 1.165) is 16.9 Å². The minimum atomic E-state index is -0.492. The SMILES string of the molecule is Cn1c(=O)n(Cc2ccccc2)c(=O)c2cc(C(=O)OC3CCOC3)sc21. The number of hydrogen-bond acceptors (Lipinski definition) is 6. The third-order valence-electron chi connectivity index (χ3n) is 4.56. The third-order valence-corrected chi connectivity index (χ3v) is 5.75. The van der Waals surface area contributed by atoms with Gasteiger partial charge in [-0.2, -0.15) is 0 Å². The van der Waals surface area contributed by atoms with Gasteiger partial charge in [0, 0.05) is 13.5 Å². The average Bonchev–Trinajstić information content (AvgIpc) is 3.34. The molecule has 1 aromatic carbocycles. The fourth-order valence-electron chi connectivity index (χ4n) is 3.11. The topological polar surface area (TPSA) is 79.5 Å². The van der Waals surface area contributed by atoms with E-state index in [4.69, 9.17) is 9.47 Å². The van der Waals surface area contributed by atoms with Crippen LogP contribution in [0.5, 0.6) is 0 Å². The predicted molar refractivity (Wildman–Crippen MR) is 102 cm³/mol. The summed E-state index contributed by atoms with van der Waals surface area (Å²) in [4.78, 5) is 38.7. The first-order valence-electron chi connectivity index (χ1n) is 8.60. The van der Waals surface area contributed by atoms with E-state index in [0.29, 0.717) is 34.7 Å². The fourth-order valence-corrected chi connectivity index (χ4v) is 4.09. The van der Waals surface area contributed by atoms with E-state index >= 15 is 0 Å². The standard InChI is InChI=1S/C19H18N2O5S/c1-20-17-14(9-15(27-17)18(23)26-13-7-8-25-11-13)16(22)21(19(20)24)10-12-5-3-2-4-6-12/h2-6,9,13H,7-8,10-11H2,1H3. The first-order valence-corrected chi connectivity index (χ1v) is 9.42. The van der Waals surface area contributed by atoms with E-state index in [2.05, 4.69) is 0 Å². The molecule has 0 spiro atoms. The van der Waals surface area contributed by atoms with Crippen LogP contribution in [-0.4, -0.2) is 34.4 Å². The fraction of sp³-hybridized carbons (Fsp3) is 0.316. The monoisotopic (exact) mass is 386 g/mol. The van der Waals surface area contributed by atoms with E-state index in [9.17, 15) is 14.4 Å². The molecule has 1 aliphatic rings. The van der Waals surface area contributed by atoms with Gasteiger partial charge in [-0.15, -0.1) is 11.3 Å². The highest BCUT2D eigenvalue weighted by Crippen LogP contribution is 2.23. The maximum Gasteiger partial charge on any atom is 0.348 e. The lowest BCUT2D eigenvalue weighted by molar-refractivity contribution is 0.0276. The lowest BCUT2D eigenvalue weighted by Crippen LogP contribution is -2.38. The van der Waals surface area contributed by atoms with Crippen LogP contribution in [0.1, 0.15) is 21.7 Å². The number of esters is 1. The molecule has 140 valence electrons. The quantitative estimate of drug-likeness (QED) is 0.639. The second-order valence-corrected chi connectivity index (χ2v) is 7.47. The molecule has 2 aromatic heterocycles. The van der Waals surface area contributed by atoms with Crippen molar-refractivity contribution in [1.29, 1.82) is 0 Å². The molecule has 0 bridgehead atoms. The molecule has 1 saturated heterocycles. The molecule has 3 aromatic rings. The zero-order valence-corrected chi connectivity index (χ0v) is 15.5. The molecule has 1 aliphatic heterocycles. The number of aromatic nitrogens is 2. The van der Waals surface area contributed by atoms with Crippen molar-refractivity contribution in [2.75, 3.05) is 13.2 Å². The Labute approximate surface area is 158 Å². The Kier molecular flexibility index (Phi) is 4.67. The molecule has 1 unspecified atom stereocenters. The number of carbonyl (C=O) groups is 1. The molecule has 0 N–H and O–H groups in total. The van der Waals surface area contributed by atoms with Crippen LogP contribution in [0.15, 0.2) is 46.0 Å². The van der Waals surface area contributed by atoms with Gasteiger partial charge in [0.05, 0.1) is 25.1 Å². The lowest BCUT2D eigenvalue weighted by atomic mass is 10.2. The Bertz CT molecular complexity index is 1110. The molecule has 1 fully saturated rings. The Morgan fingerprint density at radius 1 is 1.30 bits per heavy atom. The van der Waals surface area contributed by atoms with Gasteiger partial charge in [0.15, 0.2) is 0 Å². The zero-order valence-electron chi connectivity index (χ0n) is 14.7. The largest absolute Gasteiger partial charge is 0.456 e. The molecule has 8 heteroatoms. The third kappa shape index (κ3) is 3.33. The second kappa shape index (κ2) is 7.13. The summed E-state index contributed by atoms with van der Waals surface area (Å²) < 4.78 is 13.2. The number of ether oxygens (including phenoxy) is 2. The summed E-state index contributed by atoms with van der Waals surface area (Å²) in [6, 6.07) is 10.8. The molecular formula is C19H18N2O5S. The van der Waals surface area contributed by atoms with Crippen molar-refractivity contribution in [1.82, 2.24) is 9.13 Å². The van der Waals surface area contributed by atoms with Crippen LogP contribution in [0, 0.1) is 0 Å². The summed E-state index contributed by atoms with van der Waals surface area (Å²) in [7, 11) is 1.60. The van der Waals surface area contributed by atoms with Gasteiger partial charge in [-0.05, 0) is 11.6 Å². The van der Waals surface area contributed by atoms with Crippen LogP contribution in [0.2, 0.25) is 0 Å². The van der Waals surface area contributed by atoms with Gasteiger partial charge in [-0.25, -0.2) is 9.59 Å². The van der Waals surface area contributed by atoms with Crippen molar-refractivity contribution in [3.8, 4) is 0 Å². The lowest BCUT2D eigenvalue weighted by Gasteiger charge is -2.08. The van der Waals surface area contributed by atoms with E-state index in [-0.39, 0.29) is 12.6 Å². The molecule has 27 heavy (non-hydrogen) atoms. The molecule has 0 saturated carbocycles. The van der Waals surface area contributed by atoms with E-state index in [1.165, 1.54) is 15.2 Å². The number of hydrogen-bond donors (Lipinski definition) is 0. The number of benzene rings is 1. The minimum Gasteiger partial charge on any atom is -0.456 e. The van der Waals surface area contributed by atoms with Gasteiger partial charge in [-0.3, -0.25) is 13.9 Å². The van der Waals surface area contributed by atoms with Crippen molar-refractivity contribution < 1.29 is 14.3 Å². The highest BCUT2D eigenvalue weighted by Gasteiger charge is 2.23. The summed E-state index contributed by atoms with van der Waals surface area (Å²) in [5.41, 5.74) is 0.0333. The van der Waals surface area contributed by atoms with Crippen LogP contribution in [0.25, 0.3) is 10.2 Å². The van der Waals surface area contributed by atoms with Gasteiger partial charge < -0.3 is 9.47 Å². The van der Waals surface area contributed by atoms with Crippen LogP contribution in [-0.2, 0) is 23.1 Å². The molecule has 7 nitrogen and oxygen atoms in total. The van der Waals surface area contributed by atoms with Crippen LogP contribution in [0.3, 0.4) is 0 Å². The summed E-state index contributed by atoms with van der Waals surface area (Å²) in [5.74, 6) is -0.492. The molecule has 0 radical (unpaired) electrons. The Balaban J connectivity index is 1.73. The van der Waals surface area contributed by atoms with E-state index < -0.39 is 17.2 Å². The maximum atomic E-state index is 12.9. The van der Waals surface area contributed by atoms with Gasteiger partial charge in [0.2, 0.25) is 0 Å². The number of carbonyl (C=O) groups excluding carboxylic acids is 1. The van der Waals surface area contributed by atoms with Crippen LogP contribution in [0.4, 0.5) is 0 Å². The van der Waals surface area contributed by atoms with Crippen LogP contribution >= 0.6 is 11.3 Å². The molecule has 1 atom stereocenters. The van der Waals surface area contributed by atoms with Crippen molar-refractivity contribution in [2.45, 2.75) is 19.1 Å². The highest BCUT2D eigenvalue weighted by molar-refractivity contribution is 7.20. The average molecular weight is 386 g/mol. The smallest absolute Gasteiger partial charge is 0.348 e. The molecule has 0 aliphatic carbocycles. The van der Waals surface area contributed by atoms with Crippen molar-refractivity contribution in [2.24, 2.45) is 7.05 Å². The summed E-state index contributed by atoms with van der Waals surface area (Å²) in [5, 5.41) is 0.340. The molecule has 0 amide bonds. The van der Waals surface area contributed by atoms with Crippen molar-refractivity contribution in [3.63, 3.8) is 0 Å². The number of fused-ring (bicyclic) bond motifs is 1. The van der Waals surface area contributed by atoms with Gasteiger partial charge >= 0.3 is 11.7 Å². The van der Waals surface area contributed by atoms with Crippen LogP contribution < -0.4 is 11.2 Å². The Morgan fingerprint density at radius 2 is 2.07 bits per heavy atom. The molecule has 3 heterocycles. The summed E-state index contributed by atoms with van der Waals surface area (Å²) in [6.07, 6.45) is 0.403. The summed E-state index contributed by atoms with van der Waals surface area (Å²) >= 11 is 1.09. The second-order valence-electron chi connectivity index (χ2n) is 6.44. The van der Waals surface area contributed by atoms with Gasteiger partial charge in [-0.1, -0.05) is 30.3 Å². The van der Waals surface area contributed by atoms with E-state index in [1.54, 1.807) is 7.05 Å². The minimum absolute atomic E-state index is 0.178. The Morgan fingerprint density at radius 3 is 2.78 bits per heavy atom. The van der Waals surface area contributed by atoms with Gasteiger partial charge in [0.25, 0.3) is 5.56 Å². The predicted octanol–water partition coefficient (Wildman–Crippen LogP) is 1.76. The molecular weight excluding hydrogens is 368 g/mol. The Hall–Kier alpha value is -2.71. The normalized spacial score (nSPS) is 16.7. The highest BCUT2D eigenvalue weighted by atomic mass is 32.1. The van der Waals surface area contributed by atoms with E-state index in [1.807, 2.05) is 30.3 Å². The molecule has 4 rings (SSSR count). The number of rotatable bonds is 4. The zero-order chi connectivity index (χ0) is 19.0. The first kappa shape index (κ1) is 17.7. The maximum absolute atomic E-state index is 12.9. The first-order chi connectivity index (χ1) is 13.0. The summed E-state index contributed by atoms with van der Waals surface area (Å²) in [6.45, 7) is 1.14. The number of aryl methyl sites for hydroxylation is 1. The van der Waals surface area contributed by atoms with Gasteiger partial charge in [0.1, 0.15) is 15.8 Å². The number of thiophene rings is 1. The van der Waals surface area contributed by atoms with Crippen molar-refractivity contribution in [3.05, 3.63) is 67.7 Å². The van der Waals surface area contributed by atoms with Crippen molar-refractivity contribution >= 4 is 27.5 Å².